The first-order valence-corrected chi connectivity index (χ1v) is 4.55. The number of hydrogen-bond donors (Lipinski definition) is 2. The molecule has 0 bridgehead atoms. The highest BCUT2D eigenvalue weighted by molar-refractivity contribution is 5.64. The second kappa shape index (κ2) is 5.80. The van der Waals surface area contributed by atoms with Crippen molar-refractivity contribution in [2.75, 3.05) is 19.7 Å². The molecule has 0 aromatic heterocycles. The number of ether oxygens (including phenoxy) is 1. The van der Waals surface area contributed by atoms with Gasteiger partial charge in [-0.3, -0.25) is 0 Å². The summed E-state index contributed by atoms with van der Waals surface area (Å²) in [5, 5.41) is 3.16. The molecule has 78 valence electrons. The molecule has 4 nitrogen and oxygen atoms in total. The van der Waals surface area contributed by atoms with Crippen LogP contribution in [0.5, 0.6) is 0 Å². The second-order valence-electron chi connectivity index (χ2n) is 4.23. The summed E-state index contributed by atoms with van der Waals surface area (Å²) in [6.07, 6.45) is 0.390. The SMILES string of the molecule is CC(C)(C)CCNCCOC(N)=O. The van der Waals surface area contributed by atoms with Crippen molar-refractivity contribution in [3.8, 4) is 0 Å². The monoisotopic (exact) mass is 188 g/mol. The van der Waals surface area contributed by atoms with Gasteiger partial charge in [-0.15, -0.1) is 0 Å². The topological polar surface area (TPSA) is 64.3 Å². The molecule has 1 amide bonds. The van der Waals surface area contributed by atoms with E-state index in [4.69, 9.17) is 5.73 Å². The van der Waals surface area contributed by atoms with Crippen LogP contribution >= 0.6 is 0 Å². The van der Waals surface area contributed by atoms with Gasteiger partial charge in [0.15, 0.2) is 0 Å². The Bertz CT molecular complexity index is 152. The fraction of sp³-hybridized carbons (Fsp3) is 0.889. The smallest absolute Gasteiger partial charge is 0.404 e. The molecule has 0 aromatic rings. The first-order chi connectivity index (χ1) is 5.92. The van der Waals surface area contributed by atoms with Gasteiger partial charge in [-0.05, 0) is 18.4 Å². The van der Waals surface area contributed by atoms with E-state index >= 15 is 0 Å². The molecule has 0 atom stereocenters. The summed E-state index contributed by atoms with van der Waals surface area (Å²) < 4.78 is 4.55. The average molecular weight is 188 g/mol. The Kier molecular flexibility index (Phi) is 5.46. The molecule has 0 saturated heterocycles. The van der Waals surface area contributed by atoms with E-state index in [1.165, 1.54) is 0 Å². The third kappa shape index (κ3) is 11.2. The van der Waals surface area contributed by atoms with Gasteiger partial charge in [-0.25, -0.2) is 4.79 Å². The molecular formula is C9H20N2O2. The maximum atomic E-state index is 10.2. The number of amides is 1. The van der Waals surface area contributed by atoms with E-state index in [9.17, 15) is 4.79 Å². The van der Waals surface area contributed by atoms with Crippen molar-refractivity contribution >= 4 is 6.09 Å². The maximum Gasteiger partial charge on any atom is 0.404 e. The largest absolute Gasteiger partial charge is 0.448 e. The molecule has 0 saturated carbocycles. The van der Waals surface area contributed by atoms with E-state index in [1.54, 1.807) is 0 Å². The van der Waals surface area contributed by atoms with E-state index in [0.717, 1.165) is 13.0 Å². The Labute approximate surface area is 79.8 Å². The molecule has 0 fully saturated rings. The van der Waals surface area contributed by atoms with Crippen LogP contribution in [-0.4, -0.2) is 25.8 Å². The molecule has 13 heavy (non-hydrogen) atoms. The summed E-state index contributed by atoms with van der Waals surface area (Å²) in [6, 6.07) is 0. The summed E-state index contributed by atoms with van der Waals surface area (Å²) in [5.74, 6) is 0. The molecule has 0 rings (SSSR count). The molecule has 0 unspecified atom stereocenters. The van der Waals surface area contributed by atoms with Gasteiger partial charge in [0.25, 0.3) is 0 Å². The molecule has 0 spiro atoms. The minimum absolute atomic E-state index is 0.345. The molecule has 0 aliphatic rings. The van der Waals surface area contributed by atoms with E-state index in [2.05, 4.69) is 30.8 Å². The average Bonchev–Trinajstić information content (AvgIpc) is 1.93. The molecule has 0 heterocycles. The third-order valence-electron chi connectivity index (χ3n) is 1.57. The number of rotatable bonds is 5. The van der Waals surface area contributed by atoms with Crippen molar-refractivity contribution < 1.29 is 9.53 Å². The lowest BCUT2D eigenvalue weighted by atomic mass is 9.92. The van der Waals surface area contributed by atoms with E-state index < -0.39 is 6.09 Å². The van der Waals surface area contributed by atoms with Crippen LogP contribution < -0.4 is 11.1 Å². The van der Waals surface area contributed by atoms with Gasteiger partial charge in [0.2, 0.25) is 0 Å². The number of nitrogens with two attached hydrogens (primary N) is 1. The van der Waals surface area contributed by atoms with Crippen LogP contribution in [0.2, 0.25) is 0 Å². The highest BCUT2D eigenvalue weighted by Gasteiger charge is 2.08. The first kappa shape index (κ1) is 12.2. The Morgan fingerprint density at radius 3 is 2.46 bits per heavy atom. The van der Waals surface area contributed by atoms with Gasteiger partial charge in [0.1, 0.15) is 6.61 Å². The first-order valence-electron chi connectivity index (χ1n) is 4.55. The molecule has 0 aliphatic carbocycles. The normalized spacial score (nSPS) is 11.3. The molecule has 0 aliphatic heterocycles. The van der Waals surface area contributed by atoms with Crippen LogP contribution in [0.15, 0.2) is 0 Å². The van der Waals surface area contributed by atoms with Crippen LogP contribution in [0.4, 0.5) is 4.79 Å². The standard InChI is InChI=1S/C9H20N2O2/c1-9(2,3)4-5-11-6-7-13-8(10)12/h11H,4-7H2,1-3H3,(H2,10,12). The van der Waals surface area contributed by atoms with Crippen LogP contribution in [-0.2, 0) is 4.74 Å². The van der Waals surface area contributed by atoms with Gasteiger partial charge < -0.3 is 15.8 Å². The summed E-state index contributed by atoms with van der Waals surface area (Å²) in [5.41, 5.74) is 5.13. The highest BCUT2D eigenvalue weighted by atomic mass is 16.5. The fourth-order valence-corrected chi connectivity index (χ4v) is 0.812. The second-order valence-corrected chi connectivity index (χ2v) is 4.23. The van der Waals surface area contributed by atoms with Gasteiger partial charge in [0.05, 0.1) is 0 Å². The van der Waals surface area contributed by atoms with Crippen molar-refractivity contribution in [2.45, 2.75) is 27.2 Å². The van der Waals surface area contributed by atoms with Crippen molar-refractivity contribution in [3.63, 3.8) is 0 Å². The van der Waals surface area contributed by atoms with Gasteiger partial charge in [-0.2, -0.15) is 0 Å². The number of primary amides is 1. The number of carbonyl (C=O) groups is 1. The lowest BCUT2D eigenvalue weighted by Crippen LogP contribution is -2.26. The fourth-order valence-electron chi connectivity index (χ4n) is 0.812. The summed E-state index contributed by atoms with van der Waals surface area (Å²) in [7, 11) is 0. The lowest BCUT2D eigenvalue weighted by Gasteiger charge is -2.17. The highest BCUT2D eigenvalue weighted by Crippen LogP contribution is 2.16. The Balaban J connectivity index is 3.13. The zero-order valence-electron chi connectivity index (χ0n) is 8.72. The zero-order valence-corrected chi connectivity index (χ0v) is 8.72. The Hall–Kier alpha value is -0.770. The molecule has 3 N–H and O–H groups in total. The molecule has 4 heteroatoms. The van der Waals surface area contributed by atoms with Crippen molar-refractivity contribution in [3.05, 3.63) is 0 Å². The van der Waals surface area contributed by atoms with Crippen LogP contribution in [0.3, 0.4) is 0 Å². The third-order valence-corrected chi connectivity index (χ3v) is 1.57. The zero-order chi connectivity index (χ0) is 10.3. The van der Waals surface area contributed by atoms with Crippen LogP contribution in [0, 0.1) is 5.41 Å². The van der Waals surface area contributed by atoms with Crippen molar-refractivity contribution in [1.82, 2.24) is 5.32 Å². The molecule has 0 aromatic carbocycles. The lowest BCUT2D eigenvalue weighted by molar-refractivity contribution is 0.157. The Morgan fingerprint density at radius 1 is 1.38 bits per heavy atom. The van der Waals surface area contributed by atoms with Crippen LogP contribution in [0.25, 0.3) is 0 Å². The Morgan fingerprint density at radius 2 is 2.00 bits per heavy atom. The quantitative estimate of drug-likeness (QED) is 0.635. The number of hydrogen-bond acceptors (Lipinski definition) is 3. The van der Waals surface area contributed by atoms with Crippen molar-refractivity contribution in [1.29, 1.82) is 0 Å². The predicted molar refractivity (Wildman–Crippen MR) is 52.5 cm³/mol. The summed E-state index contributed by atoms with van der Waals surface area (Å²) >= 11 is 0. The van der Waals surface area contributed by atoms with Crippen LogP contribution in [0.1, 0.15) is 27.2 Å². The van der Waals surface area contributed by atoms with Gasteiger partial charge >= 0.3 is 6.09 Å². The van der Waals surface area contributed by atoms with E-state index in [-0.39, 0.29) is 0 Å². The summed E-state index contributed by atoms with van der Waals surface area (Å²) in [4.78, 5) is 10.2. The molecular weight excluding hydrogens is 168 g/mol. The summed E-state index contributed by atoms with van der Waals surface area (Å²) in [6.45, 7) is 8.52. The van der Waals surface area contributed by atoms with Gasteiger partial charge in [0, 0.05) is 6.54 Å². The molecule has 0 radical (unpaired) electrons. The number of nitrogens with one attached hydrogen (secondary N) is 1. The number of carbonyl (C=O) groups excluding carboxylic acids is 1. The minimum Gasteiger partial charge on any atom is -0.448 e. The van der Waals surface area contributed by atoms with Gasteiger partial charge in [-0.1, -0.05) is 20.8 Å². The maximum absolute atomic E-state index is 10.2. The predicted octanol–water partition coefficient (Wildman–Crippen LogP) is 1.11. The van der Waals surface area contributed by atoms with Crippen molar-refractivity contribution in [2.24, 2.45) is 11.1 Å². The minimum atomic E-state index is -0.711. The van der Waals surface area contributed by atoms with E-state index in [1.807, 2.05) is 0 Å². The van der Waals surface area contributed by atoms with E-state index in [0.29, 0.717) is 18.6 Å².